The molecule has 3 aromatic rings. The van der Waals surface area contributed by atoms with Crippen LogP contribution < -0.4 is 10.9 Å². The lowest BCUT2D eigenvalue weighted by Gasteiger charge is -2.15. The highest BCUT2D eigenvalue weighted by Crippen LogP contribution is 2.22. The lowest BCUT2D eigenvalue weighted by atomic mass is 10.2. The first kappa shape index (κ1) is 18.5. The van der Waals surface area contributed by atoms with E-state index in [1.54, 1.807) is 36.5 Å². The number of carbonyl (C=O) groups excluding carboxylic acids is 1. The molecular formula is C18H16BrClN4O2. The van der Waals surface area contributed by atoms with E-state index < -0.39 is 0 Å². The van der Waals surface area contributed by atoms with Gasteiger partial charge in [-0.2, -0.15) is 0 Å². The van der Waals surface area contributed by atoms with Gasteiger partial charge in [-0.1, -0.05) is 23.7 Å². The molecule has 1 aromatic carbocycles. The van der Waals surface area contributed by atoms with Crippen LogP contribution in [0.5, 0.6) is 0 Å². The first-order chi connectivity index (χ1) is 12.3. The number of aromatic nitrogens is 3. The molecule has 6 nitrogen and oxygen atoms in total. The Balaban J connectivity index is 2.23. The van der Waals surface area contributed by atoms with Crippen LogP contribution in [-0.4, -0.2) is 26.5 Å². The van der Waals surface area contributed by atoms with Crippen LogP contribution in [0.25, 0.3) is 22.4 Å². The summed E-state index contributed by atoms with van der Waals surface area (Å²) < 4.78 is 2.01. The van der Waals surface area contributed by atoms with Crippen LogP contribution in [0.1, 0.15) is 13.8 Å². The van der Waals surface area contributed by atoms with Crippen LogP contribution in [0.2, 0.25) is 5.02 Å². The number of hydrogen-bond donors (Lipinski definition) is 1. The lowest BCUT2D eigenvalue weighted by molar-refractivity contribution is -0.122. The number of amides is 1. The molecule has 0 aliphatic carbocycles. The molecule has 0 fully saturated rings. The fourth-order valence-electron chi connectivity index (χ4n) is 2.59. The van der Waals surface area contributed by atoms with E-state index in [0.29, 0.717) is 31.9 Å². The summed E-state index contributed by atoms with van der Waals surface area (Å²) in [6.45, 7) is 3.57. The molecule has 3 rings (SSSR count). The Labute approximate surface area is 163 Å². The molecule has 0 spiro atoms. The van der Waals surface area contributed by atoms with E-state index in [4.69, 9.17) is 11.6 Å². The number of halogens is 2. The van der Waals surface area contributed by atoms with Gasteiger partial charge >= 0.3 is 0 Å². The Bertz CT molecular complexity index is 1050. The predicted octanol–water partition coefficient (Wildman–Crippen LogP) is 3.40. The molecule has 134 valence electrons. The first-order valence-corrected chi connectivity index (χ1v) is 9.13. The molecular weight excluding hydrogens is 420 g/mol. The monoisotopic (exact) mass is 434 g/mol. The number of nitrogens with zero attached hydrogens (tertiary/aromatic N) is 3. The topological polar surface area (TPSA) is 76.9 Å². The predicted molar refractivity (Wildman–Crippen MR) is 105 cm³/mol. The van der Waals surface area contributed by atoms with Crippen molar-refractivity contribution in [1.82, 2.24) is 19.9 Å². The third-order valence-electron chi connectivity index (χ3n) is 3.61. The summed E-state index contributed by atoms with van der Waals surface area (Å²) in [5, 5.41) is 3.64. The summed E-state index contributed by atoms with van der Waals surface area (Å²) in [4.78, 5) is 34.0. The minimum atomic E-state index is -0.335. The average Bonchev–Trinajstić information content (AvgIpc) is 2.57. The maximum atomic E-state index is 13.0. The van der Waals surface area contributed by atoms with Gasteiger partial charge in [0, 0.05) is 27.3 Å². The highest BCUT2D eigenvalue weighted by molar-refractivity contribution is 9.10. The van der Waals surface area contributed by atoms with Crippen LogP contribution in [-0.2, 0) is 11.3 Å². The molecule has 0 aliphatic rings. The van der Waals surface area contributed by atoms with Crippen molar-refractivity contribution in [2.45, 2.75) is 26.4 Å². The average molecular weight is 436 g/mol. The number of hydrogen-bond acceptors (Lipinski definition) is 4. The second-order valence-corrected chi connectivity index (χ2v) is 7.44. The third-order valence-corrected chi connectivity index (χ3v) is 4.28. The summed E-state index contributed by atoms with van der Waals surface area (Å²) in [5.41, 5.74) is 0.616. The molecule has 0 radical (unpaired) electrons. The summed E-state index contributed by atoms with van der Waals surface area (Å²) >= 11 is 9.40. The van der Waals surface area contributed by atoms with Crippen LogP contribution in [0.4, 0.5) is 0 Å². The van der Waals surface area contributed by atoms with Crippen LogP contribution >= 0.6 is 27.5 Å². The number of benzene rings is 1. The summed E-state index contributed by atoms with van der Waals surface area (Å²) in [7, 11) is 0. The summed E-state index contributed by atoms with van der Waals surface area (Å²) in [6.07, 6.45) is 1.58. The van der Waals surface area contributed by atoms with Gasteiger partial charge < -0.3 is 5.32 Å². The Kier molecular flexibility index (Phi) is 5.38. The van der Waals surface area contributed by atoms with Crippen molar-refractivity contribution >= 4 is 44.5 Å². The minimum absolute atomic E-state index is 0.0305. The van der Waals surface area contributed by atoms with Crippen molar-refractivity contribution in [1.29, 1.82) is 0 Å². The number of carbonyl (C=O) groups is 1. The Hall–Kier alpha value is -2.25. The van der Waals surface area contributed by atoms with Gasteiger partial charge in [0.25, 0.3) is 5.56 Å². The molecule has 0 aliphatic heterocycles. The first-order valence-electron chi connectivity index (χ1n) is 7.96. The standard InChI is InChI=1S/C18H16BrClN4O2/c1-10(2)22-15(25)9-24-17(11-4-3-5-13(20)6-11)23-16-14(18(24)26)7-12(19)8-21-16/h3-8,10H,9H2,1-2H3,(H,22,25). The minimum Gasteiger partial charge on any atom is -0.352 e. The van der Waals surface area contributed by atoms with Gasteiger partial charge in [-0.05, 0) is 48.0 Å². The zero-order valence-electron chi connectivity index (χ0n) is 14.2. The van der Waals surface area contributed by atoms with Gasteiger partial charge in [-0.25, -0.2) is 9.97 Å². The van der Waals surface area contributed by atoms with E-state index in [2.05, 4.69) is 31.2 Å². The summed E-state index contributed by atoms with van der Waals surface area (Å²) in [5.74, 6) is 0.0770. The molecule has 8 heteroatoms. The molecule has 0 bridgehead atoms. The molecule has 0 unspecified atom stereocenters. The molecule has 0 atom stereocenters. The van der Waals surface area contributed by atoms with E-state index in [1.807, 2.05) is 13.8 Å². The van der Waals surface area contributed by atoms with E-state index in [0.717, 1.165) is 0 Å². The molecule has 1 amide bonds. The van der Waals surface area contributed by atoms with Crippen molar-refractivity contribution in [3.63, 3.8) is 0 Å². The lowest BCUT2D eigenvalue weighted by Crippen LogP contribution is -2.37. The van der Waals surface area contributed by atoms with Crippen molar-refractivity contribution in [2.75, 3.05) is 0 Å². The van der Waals surface area contributed by atoms with Crippen molar-refractivity contribution in [3.8, 4) is 11.4 Å². The van der Waals surface area contributed by atoms with Crippen LogP contribution in [0, 0.1) is 0 Å². The second kappa shape index (κ2) is 7.55. The molecule has 2 heterocycles. The Morgan fingerprint density at radius 2 is 2.12 bits per heavy atom. The van der Waals surface area contributed by atoms with E-state index in [1.165, 1.54) is 4.57 Å². The second-order valence-electron chi connectivity index (χ2n) is 6.08. The number of rotatable bonds is 4. The maximum Gasteiger partial charge on any atom is 0.263 e. The van der Waals surface area contributed by atoms with Crippen molar-refractivity contribution in [3.05, 3.63) is 56.4 Å². The van der Waals surface area contributed by atoms with E-state index in [-0.39, 0.29) is 24.1 Å². The Morgan fingerprint density at radius 3 is 2.81 bits per heavy atom. The van der Waals surface area contributed by atoms with Gasteiger partial charge in [0.15, 0.2) is 5.65 Å². The SMILES string of the molecule is CC(C)NC(=O)Cn1c(-c2cccc(Cl)c2)nc2ncc(Br)cc2c1=O. The fourth-order valence-corrected chi connectivity index (χ4v) is 3.11. The quantitative estimate of drug-likeness (QED) is 0.681. The highest BCUT2D eigenvalue weighted by Gasteiger charge is 2.17. The fraction of sp³-hybridized carbons (Fsp3) is 0.222. The maximum absolute atomic E-state index is 13.0. The van der Waals surface area contributed by atoms with Crippen LogP contribution in [0.15, 0.2) is 45.8 Å². The number of pyridine rings is 1. The van der Waals surface area contributed by atoms with Gasteiger partial charge in [0.2, 0.25) is 5.91 Å². The molecule has 2 aromatic heterocycles. The van der Waals surface area contributed by atoms with E-state index >= 15 is 0 Å². The molecule has 1 N–H and O–H groups in total. The third kappa shape index (κ3) is 3.94. The Morgan fingerprint density at radius 1 is 1.35 bits per heavy atom. The normalized spacial score (nSPS) is 11.1. The van der Waals surface area contributed by atoms with Gasteiger partial charge in [-0.3, -0.25) is 14.2 Å². The van der Waals surface area contributed by atoms with E-state index in [9.17, 15) is 9.59 Å². The smallest absolute Gasteiger partial charge is 0.263 e. The number of nitrogens with one attached hydrogen (secondary N) is 1. The summed E-state index contributed by atoms with van der Waals surface area (Å²) in [6, 6.07) is 8.60. The van der Waals surface area contributed by atoms with Crippen LogP contribution in [0.3, 0.4) is 0 Å². The van der Waals surface area contributed by atoms with Crippen molar-refractivity contribution in [2.24, 2.45) is 0 Å². The number of fused-ring (bicyclic) bond motifs is 1. The molecule has 26 heavy (non-hydrogen) atoms. The zero-order chi connectivity index (χ0) is 18.8. The van der Waals surface area contributed by atoms with Gasteiger partial charge in [0.1, 0.15) is 12.4 Å². The molecule has 0 saturated carbocycles. The van der Waals surface area contributed by atoms with Gasteiger partial charge in [-0.15, -0.1) is 0 Å². The molecule has 0 saturated heterocycles. The van der Waals surface area contributed by atoms with Gasteiger partial charge in [0.05, 0.1) is 5.39 Å². The van der Waals surface area contributed by atoms with Crippen molar-refractivity contribution < 1.29 is 4.79 Å². The zero-order valence-corrected chi connectivity index (χ0v) is 16.5. The largest absolute Gasteiger partial charge is 0.352 e. The highest BCUT2D eigenvalue weighted by atomic mass is 79.9.